The van der Waals surface area contributed by atoms with Crippen LogP contribution in [0.15, 0.2) is 23.7 Å². The molecule has 0 aromatic carbocycles. The molecular weight excluding hydrogens is 244 g/mol. The lowest BCUT2D eigenvalue weighted by Gasteiger charge is -2.29. The average molecular weight is 258 g/mol. The number of Topliss-reactive ketones (excluding diaryl/α,β-unsaturated/α-hetero) is 1. The van der Waals surface area contributed by atoms with Crippen LogP contribution in [0.1, 0.15) is 36.3 Å². The van der Waals surface area contributed by atoms with Crippen LogP contribution in [0.25, 0.3) is 10.7 Å². The van der Waals surface area contributed by atoms with Crippen molar-refractivity contribution in [2.24, 2.45) is 5.41 Å². The molecule has 0 spiro atoms. The van der Waals surface area contributed by atoms with Gasteiger partial charge in [0.15, 0.2) is 11.6 Å². The van der Waals surface area contributed by atoms with Crippen LogP contribution >= 0.6 is 11.3 Å². The summed E-state index contributed by atoms with van der Waals surface area (Å²) in [7, 11) is 0. The molecule has 0 fully saturated rings. The van der Waals surface area contributed by atoms with Crippen LogP contribution in [0.3, 0.4) is 0 Å². The minimum atomic E-state index is 0.00512. The van der Waals surface area contributed by atoms with Gasteiger partial charge in [-0.1, -0.05) is 19.9 Å². The van der Waals surface area contributed by atoms with Gasteiger partial charge in [0.25, 0.3) is 0 Å². The second-order valence-electron chi connectivity index (χ2n) is 5.47. The smallest absolute Gasteiger partial charge is 0.169 e. The Labute approximate surface area is 110 Å². The Balaban J connectivity index is 2.08. The van der Waals surface area contributed by atoms with Crippen LogP contribution < -0.4 is 0 Å². The lowest BCUT2D eigenvalue weighted by molar-refractivity contribution is 0.0910. The van der Waals surface area contributed by atoms with Gasteiger partial charge in [0.2, 0.25) is 0 Å². The summed E-state index contributed by atoms with van der Waals surface area (Å²) in [5.41, 5.74) is 1.61. The molecule has 1 aliphatic rings. The number of thiophene rings is 1. The Morgan fingerprint density at radius 2 is 2.17 bits per heavy atom. The molecule has 0 N–H and O–H groups in total. The molecule has 0 saturated heterocycles. The molecule has 0 saturated carbocycles. The molecule has 92 valence electrons. The summed E-state index contributed by atoms with van der Waals surface area (Å²) in [5.74, 6) is 0.897. The van der Waals surface area contributed by atoms with E-state index < -0.39 is 0 Å². The summed E-state index contributed by atoms with van der Waals surface area (Å²) in [4.78, 5) is 22.0. The third-order valence-electron chi connectivity index (χ3n) is 3.19. The van der Waals surface area contributed by atoms with E-state index in [1.165, 1.54) is 0 Å². The van der Waals surface area contributed by atoms with E-state index in [-0.39, 0.29) is 11.2 Å². The average Bonchev–Trinajstić information content (AvgIpc) is 2.79. The molecule has 0 amide bonds. The van der Waals surface area contributed by atoms with Crippen molar-refractivity contribution in [1.82, 2.24) is 9.97 Å². The highest BCUT2D eigenvalue weighted by molar-refractivity contribution is 7.13. The number of hydrogen-bond donors (Lipinski definition) is 0. The molecule has 2 aromatic rings. The highest BCUT2D eigenvalue weighted by Crippen LogP contribution is 2.34. The number of carbonyl (C=O) groups excluding carboxylic acids is 1. The molecular formula is C14H14N2OS. The van der Waals surface area contributed by atoms with Crippen LogP contribution in [0.5, 0.6) is 0 Å². The Hall–Kier alpha value is -1.55. The number of ketones is 1. The first kappa shape index (κ1) is 11.5. The fourth-order valence-electron chi connectivity index (χ4n) is 2.35. The zero-order valence-corrected chi connectivity index (χ0v) is 11.3. The number of fused-ring (bicyclic) bond motifs is 1. The Bertz CT molecular complexity index is 602. The Kier molecular flexibility index (Phi) is 2.55. The summed E-state index contributed by atoms with van der Waals surface area (Å²) < 4.78 is 0. The van der Waals surface area contributed by atoms with E-state index in [2.05, 4.69) is 23.8 Å². The van der Waals surface area contributed by atoms with Crippen molar-refractivity contribution in [2.75, 3.05) is 0 Å². The van der Waals surface area contributed by atoms with Gasteiger partial charge in [-0.05, 0) is 23.3 Å². The maximum absolute atomic E-state index is 12.0. The van der Waals surface area contributed by atoms with Gasteiger partial charge < -0.3 is 0 Å². The number of nitrogens with zero attached hydrogens (tertiary/aromatic N) is 2. The SMILES string of the molecule is CC1(C)CC(=O)c2cnc(-c3cccs3)nc2C1. The van der Waals surface area contributed by atoms with Gasteiger partial charge in [-0.25, -0.2) is 9.97 Å². The predicted molar refractivity (Wildman–Crippen MR) is 71.8 cm³/mol. The third-order valence-corrected chi connectivity index (χ3v) is 4.06. The van der Waals surface area contributed by atoms with Crippen molar-refractivity contribution >= 4 is 17.1 Å². The van der Waals surface area contributed by atoms with Crippen molar-refractivity contribution < 1.29 is 4.79 Å². The normalized spacial score (nSPS) is 17.6. The van der Waals surface area contributed by atoms with Gasteiger partial charge in [0, 0.05) is 12.6 Å². The Morgan fingerprint density at radius 3 is 2.89 bits per heavy atom. The largest absolute Gasteiger partial charge is 0.294 e. The molecule has 0 aliphatic heterocycles. The molecule has 0 unspecified atom stereocenters. The summed E-state index contributed by atoms with van der Waals surface area (Å²) >= 11 is 1.62. The zero-order chi connectivity index (χ0) is 12.8. The molecule has 0 atom stereocenters. The molecule has 3 rings (SSSR count). The monoisotopic (exact) mass is 258 g/mol. The highest BCUT2D eigenvalue weighted by atomic mass is 32.1. The van der Waals surface area contributed by atoms with Gasteiger partial charge in [0.1, 0.15) is 0 Å². The highest BCUT2D eigenvalue weighted by Gasteiger charge is 2.32. The standard InChI is InChI=1S/C14H14N2OS/c1-14(2)6-10-9(11(17)7-14)8-15-13(16-10)12-4-3-5-18-12/h3-5,8H,6-7H2,1-2H3. The van der Waals surface area contributed by atoms with Crippen molar-refractivity contribution in [3.63, 3.8) is 0 Å². The first-order chi connectivity index (χ1) is 8.55. The maximum atomic E-state index is 12.0. The summed E-state index contributed by atoms with van der Waals surface area (Å²) in [6.45, 7) is 4.22. The van der Waals surface area contributed by atoms with Crippen LogP contribution in [0.2, 0.25) is 0 Å². The summed E-state index contributed by atoms with van der Waals surface area (Å²) in [6, 6.07) is 3.99. The van der Waals surface area contributed by atoms with Crippen LogP contribution in [0.4, 0.5) is 0 Å². The molecule has 18 heavy (non-hydrogen) atoms. The topological polar surface area (TPSA) is 42.9 Å². The Morgan fingerprint density at radius 1 is 1.33 bits per heavy atom. The van der Waals surface area contributed by atoms with E-state index in [1.807, 2.05) is 17.5 Å². The first-order valence-corrected chi connectivity index (χ1v) is 6.86. The molecule has 3 nitrogen and oxygen atoms in total. The van der Waals surface area contributed by atoms with E-state index in [4.69, 9.17) is 0 Å². The quantitative estimate of drug-likeness (QED) is 0.787. The zero-order valence-electron chi connectivity index (χ0n) is 10.4. The fourth-order valence-corrected chi connectivity index (χ4v) is 3.02. The number of rotatable bonds is 1. The van der Waals surface area contributed by atoms with Gasteiger partial charge >= 0.3 is 0 Å². The predicted octanol–water partition coefficient (Wildman–Crippen LogP) is 3.36. The first-order valence-electron chi connectivity index (χ1n) is 5.98. The van der Waals surface area contributed by atoms with Crippen molar-refractivity contribution in [1.29, 1.82) is 0 Å². The maximum Gasteiger partial charge on any atom is 0.169 e. The molecule has 0 radical (unpaired) electrons. The number of aromatic nitrogens is 2. The summed E-state index contributed by atoms with van der Waals surface area (Å²) in [6.07, 6.45) is 3.12. The minimum absolute atomic E-state index is 0.00512. The van der Waals surface area contributed by atoms with Gasteiger partial charge in [-0.2, -0.15) is 0 Å². The van der Waals surface area contributed by atoms with Crippen LogP contribution in [-0.2, 0) is 6.42 Å². The number of hydrogen-bond acceptors (Lipinski definition) is 4. The molecule has 2 heterocycles. The molecule has 0 bridgehead atoms. The lowest BCUT2D eigenvalue weighted by Crippen LogP contribution is -2.28. The fraction of sp³-hybridized carbons (Fsp3) is 0.357. The van der Waals surface area contributed by atoms with Crippen molar-refractivity contribution in [3.8, 4) is 10.7 Å². The van der Waals surface area contributed by atoms with Crippen LogP contribution in [-0.4, -0.2) is 15.8 Å². The summed E-state index contributed by atoms with van der Waals surface area (Å²) in [5, 5.41) is 2.01. The lowest BCUT2D eigenvalue weighted by atomic mass is 9.76. The molecule has 2 aromatic heterocycles. The second-order valence-corrected chi connectivity index (χ2v) is 6.42. The van der Waals surface area contributed by atoms with Crippen molar-refractivity contribution in [3.05, 3.63) is 35.0 Å². The van der Waals surface area contributed by atoms with Crippen LogP contribution in [0, 0.1) is 5.41 Å². The van der Waals surface area contributed by atoms with E-state index >= 15 is 0 Å². The molecule has 4 heteroatoms. The van der Waals surface area contributed by atoms with E-state index in [0.29, 0.717) is 12.0 Å². The molecule has 1 aliphatic carbocycles. The number of carbonyl (C=O) groups is 1. The van der Waals surface area contributed by atoms with E-state index in [1.54, 1.807) is 17.5 Å². The second kappa shape index (κ2) is 3.99. The van der Waals surface area contributed by atoms with Crippen molar-refractivity contribution in [2.45, 2.75) is 26.7 Å². The van der Waals surface area contributed by atoms with E-state index in [0.717, 1.165) is 22.8 Å². The van der Waals surface area contributed by atoms with Gasteiger partial charge in [0.05, 0.1) is 16.1 Å². The third kappa shape index (κ3) is 1.97. The van der Waals surface area contributed by atoms with Gasteiger partial charge in [-0.15, -0.1) is 11.3 Å². The minimum Gasteiger partial charge on any atom is -0.294 e. The van der Waals surface area contributed by atoms with Gasteiger partial charge in [-0.3, -0.25) is 4.79 Å². The van der Waals surface area contributed by atoms with E-state index in [9.17, 15) is 4.79 Å².